The van der Waals surface area contributed by atoms with Crippen LogP contribution in [-0.2, 0) is 11.3 Å². The van der Waals surface area contributed by atoms with Crippen molar-refractivity contribution in [1.82, 2.24) is 14.9 Å². The Balaban J connectivity index is 0.00000210. The van der Waals surface area contributed by atoms with Crippen molar-refractivity contribution in [2.75, 3.05) is 33.4 Å². The molecule has 1 aliphatic rings. The predicted octanol–water partition coefficient (Wildman–Crippen LogP) is 2.89. The molecule has 3 aromatic rings. The molecule has 7 heteroatoms. The van der Waals surface area contributed by atoms with Crippen LogP contribution in [0.3, 0.4) is 0 Å². The topological polar surface area (TPSA) is 60.6 Å². The van der Waals surface area contributed by atoms with Crippen LogP contribution in [0.15, 0.2) is 41.1 Å². The molecule has 0 amide bonds. The minimum absolute atomic E-state index is 0. The van der Waals surface area contributed by atoms with E-state index in [1.165, 1.54) is 0 Å². The Bertz CT molecular complexity index is 957. The molecular formula is C20H20ClN3O3. The smallest absolute Gasteiger partial charge is 0.274 e. The zero-order valence-corrected chi connectivity index (χ0v) is 15.8. The van der Waals surface area contributed by atoms with Crippen LogP contribution < -0.4 is 4.74 Å². The highest BCUT2D eigenvalue weighted by molar-refractivity contribution is 5.85. The molecule has 0 radical (unpaired) electrons. The molecule has 0 atom stereocenters. The first-order valence-corrected chi connectivity index (χ1v) is 8.52. The highest BCUT2D eigenvalue weighted by atomic mass is 35.5. The Morgan fingerprint density at radius 1 is 1.19 bits per heavy atom. The summed E-state index contributed by atoms with van der Waals surface area (Å²) in [5, 5.41) is 0. The summed E-state index contributed by atoms with van der Waals surface area (Å²) < 4.78 is 16.8. The summed E-state index contributed by atoms with van der Waals surface area (Å²) in [6.07, 6.45) is 3.42. The van der Waals surface area contributed by atoms with Gasteiger partial charge in [0.05, 0.1) is 20.3 Å². The molecule has 0 bridgehead atoms. The molecule has 1 aliphatic heterocycles. The molecule has 4 rings (SSSR count). The van der Waals surface area contributed by atoms with Gasteiger partial charge < -0.3 is 13.9 Å². The number of morpholine rings is 1. The third-order valence-electron chi connectivity index (χ3n) is 4.28. The summed E-state index contributed by atoms with van der Waals surface area (Å²) in [6.45, 7) is 4.13. The number of ether oxygens (including phenoxy) is 2. The Hall–Kier alpha value is -2.59. The number of hydrogen-bond donors (Lipinski definition) is 0. The highest BCUT2D eigenvalue weighted by Gasteiger charge is 2.17. The molecule has 140 valence electrons. The monoisotopic (exact) mass is 385 g/mol. The zero-order valence-electron chi connectivity index (χ0n) is 15.0. The van der Waals surface area contributed by atoms with E-state index in [9.17, 15) is 0 Å². The Morgan fingerprint density at radius 2 is 2.04 bits per heavy atom. The number of benzene rings is 1. The molecule has 3 heterocycles. The second kappa shape index (κ2) is 8.87. The lowest BCUT2D eigenvalue weighted by Gasteiger charge is -2.26. The second-order valence-electron chi connectivity index (χ2n) is 6.00. The molecule has 2 aromatic heterocycles. The van der Waals surface area contributed by atoms with Gasteiger partial charge in [0.2, 0.25) is 0 Å². The Morgan fingerprint density at radius 3 is 2.78 bits per heavy atom. The van der Waals surface area contributed by atoms with Crippen molar-refractivity contribution < 1.29 is 13.9 Å². The Labute approximate surface area is 163 Å². The van der Waals surface area contributed by atoms with E-state index in [1.54, 1.807) is 19.5 Å². The van der Waals surface area contributed by atoms with Gasteiger partial charge in [0.15, 0.2) is 11.1 Å². The van der Waals surface area contributed by atoms with Crippen molar-refractivity contribution in [3.8, 4) is 17.6 Å². The van der Waals surface area contributed by atoms with Gasteiger partial charge in [-0.15, -0.1) is 12.4 Å². The molecule has 0 N–H and O–H groups in total. The van der Waals surface area contributed by atoms with Crippen molar-refractivity contribution >= 4 is 23.5 Å². The van der Waals surface area contributed by atoms with Crippen LogP contribution in [0.1, 0.15) is 17.0 Å². The first-order valence-electron chi connectivity index (χ1n) is 8.52. The zero-order chi connectivity index (χ0) is 17.8. The van der Waals surface area contributed by atoms with Crippen LogP contribution in [0.25, 0.3) is 11.1 Å². The maximum atomic E-state index is 5.96. The van der Waals surface area contributed by atoms with Crippen molar-refractivity contribution in [3.63, 3.8) is 0 Å². The SMILES string of the molecule is COc1ccc(CN2CCOCC2)c2oc(C#Cc3cccnc3)nc12.Cl. The average Bonchev–Trinajstić information content (AvgIpc) is 3.13. The van der Waals surface area contributed by atoms with Crippen molar-refractivity contribution in [1.29, 1.82) is 0 Å². The summed E-state index contributed by atoms with van der Waals surface area (Å²) in [6, 6.07) is 7.70. The van der Waals surface area contributed by atoms with E-state index < -0.39 is 0 Å². The minimum Gasteiger partial charge on any atom is -0.494 e. The number of halogens is 1. The summed E-state index contributed by atoms with van der Waals surface area (Å²) in [4.78, 5) is 10.9. The number of oxazole rings is 1. The van der Waals surface area contributed by atoms with Gasteiger partial charge in [-0.1, -0.05) is 12.0 Å². The van der Waals surface area contributed by atoms with Gasteiger partial charge in [0.25, 0.3) is 5.89 Å². The van der Waals surface area contributed by atoms with E-state index >= 15 is 0 Å². The quantitative estimate of drug-likeness (QED) is 0.646. The maximum absolute atomic E-state index is 5.96. The molecule has 6 nitrogen and oxygen atoms in total. The van der Waals surface area contributed by atoms with Crippen molar-refractivity contribution in [2.24, 2.45) is 0 Å². The average molecular weight is 386 g/mol. The first kappa shape index (κ1) is 19.2. The van der Waals surface area contributed by atoms with Crippen LogP contribution in [0.5, 0.6) is 5.75 Å². The molecule has 0 aliphatic carbocycles. The number of hydrogen-bond acceptors (Lipinski definition) is 6. The number of pyridine rings is 1. The molecule has 27 heavy (non-hydrogen) atoms. The number of fused-ring (bicyclic) bond motifs is 1. The largest absolute Gasteiger partial charge is 0.494 e. The van der Waals surface area contributed by atoms with Gasteiger partial charge in [0.1, 0.15) is 5.75 Å². The second-order valence-corrected chi connectivity index (χ2v) is 6.00. The minimum atomic E-state index is 0. The number of methoxy groups -OCH3 is 1. The standard InChI is InChI=1S/C20H19N3O3.ClH/c1-24-17-6-5-16(14-23-9-11-25-12-10-23)20-19(17)22-18(26-20)7-4-15-3-2-8-21-13-15;/h2-3,5-6,8,13H,9-12,14H2,1H3;1H. The van der Waals surface area contributed by atoms with Crippen LogP contribution in [0.4, 0.5) is 0 Å². The molecule has 0 unspecified atom stereocenters. The lowest BCUT2D eigenvalue weighted by atomic mass is 10.1. The fourth-order valence-electron chi connectivity index (χ4n) is 2.94. The van der Waals surface area contributed by atoms with Gasteiger partial charge in [-0.3, -0.25) is 9.88 Å². The lowest BCUT2D eigenvalue weighted by molar-refractivity contribution is 0.0342. The fraction of sp³-hybridized carbons (Fsp3) is 0.300. The maximum Gasteiger partial charge on any atom is 0.274 e. The summed E-state index contributed by atoms with van der Waals surface area (Å²) >= 11 is 0. The van der Waals surface area contributed by atoms with Crippen LogP contribution in [0, 0.1) is 11.8 Å². The van der Waals surface area contributed by atoms with E-state index in [1.807, 2.05) is 24.3 Å². The van der Waals surface area contributed by atoms with Crippen LogP contribution in [-0.4, -0.2) is 48.3 Å². The van der Waals surface area contributed by atoms with Crippen LogP contribution >= 0.6 is 12.4 Å². The fourth-order valence-corrected chi connectivity index (χ4v) is 2.94. The molecule has 1 fully saturated rings. The van der Waals surface area contributed by atoms with Crippen molar-refractivity contribution in [3.05, 3.63) is 53.7 Å². The van der Waals surface area contributed by atoms with E-state index in [4.69, 9.17) is 13.9 Å². The first-order chi connectivity index (χ1) is 12.8. The van der Waals surface area contributed by atoms with E-state index in [-0.39, 0.29) is 12.4 Å². The van der Waals surface area contributed by atoms with Gasteiger partial charge in [-0.05, 0) is 24.1 Å². The molecule has 0 saturated carbocycles. The summed E-state index contributed by atoms with van der Waals surface area (Å²) in [5.74, 6) is 7.06. The van der Waals surface area contributed by atoms with Crippen LogP contribution in [0.2, 0.25) is 0 Å². The molecule has 1 saturated heterocycles. The molecule has 0 spiro atoms. The summed E-state index contributed by atoms with van der Waals surface area (Å²) in [7, 11) is 1.63. The third kappa shape index (κ3) is 4.40. The lowest BCUT2D eigenvalue weighted by Crippen LogP contribution is -2.35. The number of rotatable bonds is 3. The van der Waals surface area contributed by atoms with E-state index in [0.717, 1.165) is 49.6 Å². The van der Waals surface area contributed by atoms with Crippen molar-refractivity contribution in [2.45, 2.75) is 6.54 Å². The predicted molar refractivity (Wildman–Crippen MR) is 104 cm³/mol. The van der Waals surface area contributed by atoms with E-state index in [2.05, 4.69) is 26.7 Å². The molecule has 1 aromatic carbocycles. The van der Waals surface area contributed by atoms with Gasteiger partial charge in [0, 0.05) is 43.2 Å². The van der Waals surface area contributed by atoms with E-state index in [0.29, 0.717) is 17.2 Å². The highest BCUT2D eigenvalue weighted by Crippen LogP contribution is 2.29. The molecular weight excluding hydrogens is 366 g/mol. The third-order valence-corrected chi connectivity index (χ3v) is 4.28. The number of nitrogens with zero attached hydrogens (tertiary/aromatic N) is 3. The Kier molecular flexibility index (Phi) is 6.30. The summed E-state index contributed by atoms with van der Waals surface area (Å²) in [5.41, 5.74) is 3.32. The van der Waals surface area contributed by atoms with Gasteiger partial charge in [-0.2, -0.15) is 4.98 Å². The normalized spacial score (nSPS) is 14.3. The number of aromatic nitrogens is 2. The van der Waals surface area contributed by atoms with Gasteiger partial charge >= 0.3 is 0 Å². The van der Waals surface area contributed by atoms with Gasteiger partial charge in [-0.25, -0.2) is 0 Å².